The number of carbonyl (C=O) groups is 2. The normalized spacial score (nSPS) is 18.5. The predicted octanol–water partition coefficient (Wildman–Crippen LogP) is 3.01. The molecule has 2 aliphatic heterocycles. The maximum absolute atomic E-state index is 13.1. The fraction of sp³-hybridized carbons (Fsp3) is 0.333. The summed E-state index contributed by atoms with van der Waals surface area (Å²) >= 11 is 0. The zero-order valence-corrected chi connectivity index (χ0v) is 17.5. The van der Waals surface area contributed by atoms with Gasteiger partial charge in [0.25, 0.3) is 0 Å². The van der Waals surface area contributed by atoms with E-state index in [1.54, 1.807) is 24.2 Å². The molecule has 156 valence electrons. The number of nitrogens with zero attached hydrogens (tertiary/aromatic N) is 3. The molecule has 0 N–H and O–H groups in total. The third-order valence-electron chi connectivity index (χ3n) is 6.13. The van der Waals surface area contributed by atoms with Gasteiger partial charge < -0.3 is 19.4 Å². The van der Waals surface area contributed by atoms with Gasteiger partial charge in [0.1, 0.15) is 11.3 Å². The molecule has 0 saturated carbocycles. The van der Waals surface area contributed by atoms with Crippen molar-refractivity contribution < 1.29 is 14.3 Å². The van der Waals surface area contributed by atoms with Crippen LogP contribution in [-0.4, -0.2) is 61.1 Å². The number of piperidine rings is 1. The standard InChI is InChI=1S/C24H27N3O3/c1-25-18-27(20-9-4-3-5-10-20)24(23(25)29)14-16-26(17-15-24)22(28)13-12-19-8-6-7-11-21(19)30-2/h3-13H,14-18H2,1-2H3. The number of anilines is 1. The van der Waals surface area contributed by atoms with Gasteiger partial charge in [-0.2, -0.15) is 0 Å². The van der Waals surface area contributed by atoms with Crippen LogP contribution in [0.3, 0.4) is 0 Å². The molecule has 0 unspecified atom stereocenters. The lowest BCUT2D eigenvalue weighted by molar-refractivity contribution is -0.135. The number of likely N-dealkylation sites (tertiary alicyclic amines) is 1. The summed E-state index contributed by atoms with van der Waals surface area (Å²) in [5, 5.41) is 0. The van der Waals surface area contributed by atoms with Crippen LogP contribution in [0.1, 0.15) is 18.4 Å². The van der Waals surface area contributed by atoms with E-state index in [9.17, 15) is 9.59 Å². The summed E-state index contributed by atoms with van der Waals surface area (Å²) in [7, 11) is 3.47. The van der Waals surface area contributed by atoms with Crippen LogP contribution in [0.4, 0.5) is 5.69 Å². The molecule has 0 aromatic heterocycles. The lowest BCUT2D eigenvalue weighted by atomic mass is 9.85. The SMILES string of the molecule is COc1ccccc1C=CC(=O)N1CCC2(CC1)C(=O)N(C)CN2c1ccccc1. The molecule has 0 aliphatic carbocycles. The van der Waals surface area contributed by atoms with E-state index < -0.39 is 5.54 Å². The molecule has 2 saturated heterocycles. The molecule has 6 nitrogen and oxygen atoms in total. The minimum Gasteiger partial charge on any atom is -0.496 e. The fourth-order valence-corrected chi connectivity index (χ4v) is 4.47. The van der Waals surface area contributed by atoms with Crippen LogP contribution in [0.25, 0.3) is 6.08 Å². The molecule has 2 aromatic carbocycles. The van der Waals surface area contributed by atoms with Crippen LogP contribution in [0, 0.1) is 0 Å². The molecule has 0 atom stereocenters. The van der Waals surface area contributed by atoms with Crippen molar-refractivity contribution in [3.05, 3.63) is 66.2 Å². The lowest BCUT2D eigenvalue weighted by Crippen LogP contribution is -2.57. The van der Waals surface area contributed by atoms with E-state index in [0.29, 0.717) is 32.6 Å². The number of likely N-dealkylation sites (N-methyl/N-ethyl adjacent to an activating group) is 1. The van der Waals surface area contributed by atoms with Gasteiger partial charge in [-0.1, -0.05) is 36.4 Å². The summed E-state index contributed by atoms with van der Waals surface area (Å²) < 4.78 is 5.34. The smallest absolute Gasteiger partial charge is 0.249 e. The van der Waals surface area contributed by atoms with E-state index in [4.69, 9.17) is 4.74 Å². The largest absolute Gasteiger partial charge is 0.496 e. The second-order valence-electron chi connectivity index (χ2n) is 7.84. The average Bonchev–Trinajstić information content (AvgIpc) is 3.03. The maximum Gasteiger partial charge on any atom is 0.249 e. The Bertz CT molecular complexity index is 949. The molecule has 6 heteroatoms. The maximum atomic E-state index is 13.1. The van der Waals surface area contributed by atoms with Crippen LogP contribution in [-0.2, 0) is 9.59 Å². The molecule has 0 radical (unpaired) electrons. The molecule has 4 rings (SSSR count). The van der Waals surface area contributed by atoms with Gasteiger partial charge in [-0.3, -0.25) is 9.59 Å². The number of benzene rings is 2. The second-order valence-corrected chi connectivity index (χ2v) is 7.84. The molecule has 2 heterocycles. The first-order valence-electron chi connectivity index (χ1n) is 10.2. The zero-order valence-electron chi connectivity index (χ0n) is 17.5. The third kappa shape index (κ3) is 3.54. The Morgan fingerprint density at radius 2 is 1.70 bits per heavy atom. The fourth-order valence-electron chi connectivity index (χ4n) is 4.47. The number of methoxy groups -OCH3 is 1. The van der Waals surface area contributed by atoms with Crippen LogP contribution in [0.5, 0.6) is 5.75 Å². The molecular formula is C24H27N3O3. The van der Waals surface area contributed by atoms with Crippen LogP contribution >= 0.6 is 0 Å². The number of carbonyl (C=O) groups excluding carboxylic acids is 2. The van der Waals surface area contributed by atoms with E-state index in [1.165, 1.54) is 0 Å². The number of hydrogen-bond acceptors (Lipinski definition) is 4. The van der Waals surface area contributed by atoms with Crippen molar-refractivity contribution in [2.75, 3.05) is 38.8 Å². The zero-order chi connectivity index (χ0) is 21.1. The van der Waals surface area contributed by atoms with Gasteiger partial charge in [-0.25, -0.2) is 0 Å². The number of para-hydroxylation sites is 2. The van der Waals surface area contributed by atoms with E-state index in [1.807, 2.05) is 66.5 Å². The van der Waals surface area contributed by atoms with Crippen molar-refractivity contribution in [3.63, 3.8) is 0 Å². The summed E-state index contributed by atoms with van der Waals surface area (Å²) in [6, 6.07) is 17.7. The second kappa shape index (κ2) is 8.22. The van der Waals surface area contributed by atoms with E-state index in [0.717, 1.165) is 17.0 Å². The Morgan fingerprint density at radius 3 is 2.40 bits per heavy atom. The first kappa shape index (κ1) is 20.0. The monoisotopic (exact) mass is 405 g/mol. The van der Waals surface area contributed by atoms with E-state index >= 15 is 0 Å². The van der Waals surface area contributed by atoms with Gasteiger partial charge in [0.05, 0.1) is 13.8 Å². The summed E-state index contributed by atoms with van der Waals surface area (Å²) in [6.45, 7) is 1.68. The van der Waals surface area contributed by atoms with E-state index in [2.05, 4.69) is 4.90 Å². The number of amides is 2. The van der Waals surface area contributed by atoms with Crippen LogP contribution < -0.4 is 9.64 Å². The first-order valence-corrected chi connectivity index (χ1v) is 10.2. The summed E-state index contributed by atoms with van der Waals surface area (Å²) in [4.78, 5) is 31.6. The average molecular weight is 405 g/mol. The molecule has 2 aliphatic rings. The molecule has 1 spiro atoms. The highest BCUT2D eigenvalue weighted by Crippen LogP contribution is 2.39. The lowest BCUT2D eigenvalue weighted by Gasteiger charge is -2.43. The molecule has 0 bridgehead atoms. The molecule has 2 aromatic rings. The number of rotatable bonds is 4. The van der Waals surface area contributed by atoms with Crippen LogP contribution in [0.2, 0.25) is 0 Å². The minimum absolute atomic E-state index is 0.0409. The predicted molar refractivity (Wildman–Crippen MR) is 117 cm³/mol. The quantitative estimate of drug-likeness (QED) is 0.734. The molecular weight excluding hydrogens is 378 g/mol. The Morgan fingerprint density at radius 1 is 1.03 bits per heavy atom. The van der Waals surface area contributed by atoms with Crippen LogP contribution in [0.15, 0.2) is 60.7 Å². The Hall–Kier alpha value is -3.28. The Balaban J connectivity index is 1.47. The van der Waals surface area contributed by atoms with Gasteiger partial charge in [0.2, 0.25) is 11.8 Å². The summed E-state index contributed by atoms with van der Waals surface area (Å²) in [5.41, 5.74) is 1.34. The van der Waals surface area contributed by atoms with Crippen molar-refractivity contribution in [1.29, 1.82) is 0 Å². The highest BCUT2D eigenvalue weighted by atomic mass is 16.5. The van der Waals surface area contributed by atoms with Crippen molar-refractivity contribution in [2.24, 2.45) is 0 Å². The molecule has 2 fully saturated rings. The minimum atomic E-state index is -0.570. The summed E-state index contributed by atoms with van der Waals surface area (Å²) in [5.74, 6) is 0.834. The van der Waals surface area contributed by atoms with E-state index in [-0.39, 0.29) is 11.8 Å². The molecule has 30 heavy (non-hydrogen) atoms. The van der Waals surface area contributed by atoms with Crippen molar-refractivity contribution in [3.8, 4) is 5.75 Å². The number of hydrogen-bond donors (Lipinski definition) is 0. The van der Waals surface area contributed by atoms with Gasteiger partial charge in [0, 0.05) is 37.5 Å². The third-order valence-corrected chi connectivity index (χ3v) is 6.13. The Labute approximate surface area is 177 Å². The van der Waals surface area contributed by atoms with Crippen molar-refractivity contribution >= 4 is 23.6 Å². The van der Waals surface area contributed by atoms with Gasteiger partial charge >= 0.3 is 0 Å². The molecule has 2 amide bonds. The topological polar surface area (TPSA) is 53.1 Å². The Kier molecular flexibility index (Phi) is 5.48. The number of ether oxygens (including phenoxy) is 1. The summed E-state index contributed by atoms with van der Waals surface area (Å²) in [6.07, 6.45) is 4.63. The highest BCUT2D eigenvalue weighted by molar-refractivity contribution is 5.95. The highest BCUT2D eigenvalue weighted by Gasteiger charge is 2.52. The van der Waals surface area contributed by atoms with Gasteiger partial charge in [-0.05, 0) is 37.1 Å². The van der Waals surface area contributed by atoms with Crippen molar-refractivity contribution in [2.45, 2.75) is 18.4 Å². The first-order chi connectivity index (χ1) is 14.5. The van der Waals surface area contributed by atoms with Gasteiger partial charge in [0.15, 0.2) is 0 Å². The van der Waals surface area contributed by atoms with Crippen molar-refractivity contribution in [1.82, 2.24) is 9.80 Å². The van der Waals surface area contributed by atoms with Gasteiger partial charge in [-0.15, -0.1) is 0 Å².